The summed E-state index contributed by atoms with van der Waals surface area (Å²) in [6.45, 7) is 3.28. The summed E-state index contributed by atoms with van der Waals surface area (Å²) >= 11 is 0. The first-order valence-corrected chi connectivity index (χ1v) is 6.50. The van der Waals surface area contributed by atoms with E-state index in [1.54, 1.807) is 0 Å². The second-order valence-corrected chi connectivity index (χ2v) is 5.84. The molecule has 3 rings (SSSR count). The fourth-order valence-electron chi connectivity index (χ4n) is 3.36. The summed E-state index contributed by atoms with van der Waals surface area (Å²) in [4.78, 5) is 0. The second-order valence-electron chi connectivity index (χ2n) is 5.84. The third-order valence-electron chi connectivity index (χ3n) is 4.82. The van der Waals surface area contributed by atoms with Gasteiger partial charge in [-0.15, -0.1) is 0 Å². The van der Waals surface area contributed by atoms with Crippen LogP contribution in [0.2, 0.25) is 0 Å². The molecule has 2 fully saturated rings. The van der Waals surface area contributed by atoms with Crippen LogP contribution < -0.4 is 5.73 Å². The quantitative estimate of drug-likeness (QED) is 0.820. The SMILES string of the molecule is CC(CN)(C1CC1)C1CC1c1ccccc1. The van der Waals surface area contributed by atoms with E-state index in [0.717, 1.165) is 24.3 Å². The molecule has 0 saturated heterocycles. The summed E-state index contributed by atoms with van der Waals surface area (Å²) < 4.78 is 0. The minimum absolute atomic E-state index is 0.417. The molecule has 1 nitrogen and oxygen atoms in total. The molecule has 86 valence electrons. The zero-order valence-corrected chi connectivity index (χ0v) is 10.0. The van der Waals surface area contributed by atoms with Gasteiger partial charge in [-0.05, 0) is 54.5 Å². The van der Waals surface area contributed by atoms with Crippen molar-refractivity contribution >= 4 is 0 Å². The van der Waals surface area contributed by atoms with Gasteiger partial charge in [0, 0.05) is 0 Å². The van der Waals surface area contributed by atoms with Gasteiger partial charge in [0.2, 0.25) is 0 Å². The van der Waals surface area contributed by atoms with E-state index in [1.807, 2.05) is 0 Å². The molecule has 1 aromatic rings. The van der Waals surface area contributed by atoms with Crippen LogP contribution in [-0.4, -0.2) is 6.54 Å². The highest BCUT2D eigenvalue weighted by atomic mass is 14.7. The van der Waals surface area contributed by atoms with Crippen LogP contribution in [0.15, 0.2) is 30.3 Å². The summed E-state index contributed by atoms with van der Waals surface area (Å²) in [6, 6.07) is 11.0. The van der Waals surface area contributed by atoms with Gasteiger partial charge in [-0.2, -0.15) is 0 Å². The molecule has 3 unspecified atom stereocenters. The van der Waals surface area contributed by atoms with Crippen LogP contribution in [-0.2, 0) is 0 Å². The molecular formula is C15H21N. The molecule has 1 heteroatoms. The van der Waals surface area contributed by atoms with Crippen LogP contribution in [0.5, 0.6) is 0 Å². The lowest BCUT2D eigenvalue weighted by Gasteiger charge is -2.28. The number of hydrogen-bond acceptors (Lipinski definition) is 1. The molecule has 0 aromatic heterocycles. The van der Waals surface area contributed by atoms with E-state index in [4.69, 9.17) is 5.73 Å². The Morgan fingerprint density at radius 3 is 2.50 bits per heavy atom. The van der Waals surface area contributed by atoms with Crippen molar-refractivity contribution in [3.8, 4) is 0 Å². The van der Waals surface area contributed by atoms with Crippen LogP contribution in [0.25, 0.3) is 0 Å². The van der Waals surface area contributed by atoms with E-state index in [9.17, 15) is 0 Å². The third kappa shape index (κ3) is 1.58. The maximum absolute atomic E-state index is 6.03. The van der Waals surface area contributed by atoms with Crippen LogP contribution >= 0.6 is 0 Å². The van der Waals surface area contributed by atoms with E-state index >= 15 is 0 Å². The standard InChI is InChI=1S/C15H21N/c1-15(10-16,12-7-8-12)14-9-13(14)11-5-3-2-4-6-11/h2-6,12-14H,7-10,16H2,1H3. The first-order valence-electron chi connectivity index (χ1n) is 6.50. The molecule has 0 bridgehead atoms. The first kappa shape index (κ1) is 10.3. The number of rotatable bonds is 4. The summed E-state index contributed by atoms with van der Waals surface area (Å²) in [6.07, 6.45) is 4.17. The Morgan fingerprint density at radius 1 is 1.25 bits per heavy atom. The first-order chi connectivity index (χ1) is 7.75. The molecule has 2 N–H and O–H groups in total. The van der Waals surface area contributed by atoms with Crippen molar-refractivity contribution in [3.05, 3.63) is 35.9 Å². The van der Waals surface area contributed by atoms with Crippen molar-refractivity contribution in [2.75, 3.05) is 6.54 Å². The highest BCUT2D eigenvalue weighted by molar-refractivity contribution is 5.27. The second kappa shape index (κ2) is 3.59. The molecule has 0 radical (unpaired) electrons. The molecule has 2 aliphatic rings. The third-order valence-corrected chi connectivity index (χ3v) is 4.82. The fraction of sp³-hybridized carbons (Fsp3) is 0.600. The Kier molecular flexibility index (Phi) is 2.32. The van der Waals surface area contributed by atoms with Gasteiger partial charge in [-0.3, -0.25) is 0 Å². The summed E-state index contributed by atoms with van der Waals surface area (Å²) in [5, 5.41) is 0. The minimum atomic E-state index is 0.417. The maximum Gasteiger partial charge on any atom is -0.00176 e. The largest absolute Gasteiger partial charge is 0.330 e. The normalized spacial score (nSPS) is 32.1. The highest BCUT2D eigenvalue weighted by Crippen LogP contribution is 2.63. The molecule has 1 aromatic carbocycles. The fourth-order valence-corrected chi connectivity index (χ4v) is 3.36. The highest BCUT2D eigenvalue weighted by Gasteiger charge is 2.55. The Morgan fingerprint density at radius 2 is 1.94 bits per heavy atom. The molecule has 0 amide bonds. The van der Waals surface area contributed by atoms with Gasteiger partial charge in [0.15, 0.2) is 0 Å². The molecular weight excluding hydrogens is 194 g/mol. The van der Waals surface area contributed by atoms with Crippen molar-refractivity contribution in [2.45, 2.75) is 32.1 Å². The lowest BCUT2D eigenvalue weighted by Crippen LogP contribution is -2.32. The zero-order chi connectivity index (χ0) is 11.2. The van der Waals surface area contributed by atoms with Crippen molar-refractivity contribution in [1.82, 2.24) is 0 Å². The Labute approximate surface area is 98.0 Å². The average Bonchev–Trinajstić information content (AvgIpc) is 3.20. The lowest BCUT2D eigenvalue weighted by atomic mass is 9.78. The molecule has 2 saturated carbocycles. The molecule has 0 spiro atoms. The molecule has 0 heterocycles. The van der Waals surface area contributed by atoms with Gasteiger partial charge in [0.1, 0.15) is 0 Å². The van der Waals surface area contributed by atoms with E-state index < -0.39 is 0 Å². The smallest absolute Gasteiger partial charge is 0.00176 e. The monoisotopic (exact) mass is 215 g/mol. The lowest BCUT2D eigenvalue weighted by molar-refractivity contribution is 0.232. The predicted molar refractivity (Wildman–Crippen MR) is 67.2 cm³/mol. The van der Waals surface area contributed by atoms with Crippen molar-refractivity contribution in [1.29, 1.82) is 0 Å². The molecule has 16 heavy (non-hydrogen) atoms. The number of benzene rings is 1. The van der Waals surface area contributed by atoms with Gasteiger partial charge < -0.3 is 5.73 Å². The Hall–Kier alpha value is -0.820. The van der Waals surface area contributed by atoms with Gasteiger partial charge in [-0.25, -0.2) is 0 Å². The van der Waals surface area contributed by atoms with Crippen molar-refractivity contribution < 1.29 is 0 Å². The number of hydrogen-bond donors (Lipinski definition) is 1. The predicted octanol–water partition coefficient (Wildman–Crippen LogP) is 3.17. The van der Waals surface area contributed by atoms with Gasteiger partial charge in [-0.1, -0.05) is 37.3 Å². The minimum Gasteiger partial charge on any atom is -0.330 e. The van der Waals surface area contributed by atoms with Crippen LogP contribution in [0.3, 0.4) is 0 Å². The molecule has 0 aliphatic heterocycles. The number of nitrogens with two attached hydrogens (primary N) is 1. The summed E-state index contributed by atoms with van der Waals surface area (Å²) in [7, 11) is 0. The van der Waals surface area contributed by atoms with E-state index in [1.165, 1.54) is 24.8 Å². The van der Waals surface area contributed by atoms with E-state index in [-0.39, 0.29) is 0 Å². The molecule has 2 aliphatic carbocycles. The van der Waals surface area contributed by atoms with E-state index in [0.29, 0.717) is 5.41 Å². The molecule has 3 atom stereocenters. The summed E-state index contributed by atoms with van der Waals surface area (Å²) in [5.41, 5.74) is 7.97. The summed E-state index contributed by atoms with van der Waals surface area (Å²) in [5.74, 6) is 2.54. The Bertz CT molecular complexity index is 368. The topological polar surface area (TPSA) is 26.0 Å². The van der Waals surface area contributed by atoms with Gasteiger partial charge >= 0.3 is 0 Å². The van der Waals surface area contributed by atoms with Gasteiger partial charge in [0.05, 0.1) is 0 Å². The van der Waals surface area contributed by atoms with Crippen molar-refractivity contribution in [2.24, 2.45) is 23.0 Å². The average molecular weight is 215 g/mol. The zero-order valence-electron chi connectivity index (χ0n) is 10.0. The van der Waals surface area contributed by atoms with Gasteiger partial charge in [0.25, 0.3) is 0 Å². The van der Waals surface area contributed by atoms with E-state index in [2.05, 4.69) is 37.3 Å². The van der Waals surface area contributed by atoms with Crippen LogP contribution in [0, 0.1) is 17.3 Å². The van der Waals surface area contributed by atoms with Crippen molar-refractivity contribution in [3.63, 3.8) is 0 Å². The van der Waals surface area contributed by atoms with Crippen LogP contribution in [0.4, 0.5) is 0 Å². The maximum atomic E-state index is 6.03. The van der Waals surface area contributed by atoms with Crippen LogP contribution in [0.1, 0.15) is 37.7 Å². The Balaban J connectivity index is 1.75.